The average Bonchev–Trinajstić information content (AvgIpc) is 2.71. The molecule has 0 atom stereocenters. The zero-order valence-electron chi connectivity index (χ0n) is 7.97. The van der Waals surface area contributed by atoms with Crippen LogP contribution in [-0.4, -0.2) is 19.6 Å². The van der Waals surface area contributed by atoms with Crippen LogP contribution >= 0.6 is 0 Å². The topological polar surface area (TPSA) is 59.4 Å². The molecule has 0 aliphatic carbocycles. The normalized spacial score (nSPS) is 10.1. The van der Waals surface area contributed by atoms with E-state index < -0.39 is 0 Å². The van der Waals surface area contributed by atoms with Gasteiger partial charge in [0.2, 0.25) is 0 Å². The van der Waals surface area contributed by atoms with Crippen molar-refractivity contribution in [2.45, 2.75) is 0 Å². The van der Waals surface area contributed by atoms with E-state index in [2.05, 4.69) is 16.3 Å². The molecule has 0 aliphatic heterocycles. The molecule has 2 aromatic rings. The van der Waals surface area contributed by atoms with Crippen LogP contribution in [0.3, 0.4) is 0 Å². The van der Waals surface area contributed by atoms with Crippen LogP contribution < -0.4 is 0 Å². The molecule has 0 saturated carbocycles. The maximum absolute atomic E-state index is 8.85. The predicted molar refractivity (Wildman–Crippen MR) is 50.1 cm³/mol. The lowest BCUT2D eigenvalue weighted by Crippen LogP contribution is -1.86. The summed E-state index contributed by atoms with van der Waals surface area (Å²) in [4.78, 5) is 0. The second-order valence-corrected chi connectivity index (χ2v) is 3.08. The minimum atomic E-state index is 0.431. The first kappa shape index (κ1) is 8.51. The van der Waals surface area contributed by atoms with E-state index in [0.717, 1.165) is 11.1 Å². The lowest BCUT2D eigenvalue weighted by atomic mass is 10.1. The van der Waals surface area contributed by atoms with Crippen molar-refractivity contribution in [3.63, 3.8) is 0 Å². The summed E-state index contributed by atoms with van der Waals surface area (Å²) in [6.07, 6.45) is 5.39. The Morgan fingerprint density at radius 2 is 2.07 bits per heavy atom. The summed E-state index contributed by atoms with van der Waals surface area (Å²) in [5.41, 5.74) is 2.17. The van der Waals surface area contributed by atoms with Crippen molar-refractivity contribution in [1.29, 1.82) is 5.26 Å². The van der Waals surface area contributed by atoms with Gasteiger partial charge in [0.15, 0.2) is 5.69 Å². The minimum absolute atomic E-state index is 0.431. The monoisotopic (exact) mass is 187 g/mol. The molecule has 0 N–H and O–H groups in total. The van der Waals surface area contributed by atoms with Gasteiger partial charge < -0.3 is 0 Å². The van der Waals surface area contributed by atoms with E-state index in [9.17, 15) is 0 Å². The van der Waals surface area contributed by atoms with Crippen LogP contribution in [0, 0.1) is 11.3 Å². The molecule has 0 amide bonds. The summed E-state index contributed by atoms with van der Waals surface area (Å²) in [7, 11) is 3.63. The van der Waals surface area contributed by atoms with Gasteiger partial charge >= 0.3 is 0 Å². The zero-order valence-corrected chi connectivity index (χ0v) is 7.97. The molecule has 14 heavy (non-hydrogen) atoms. The highest BCUT2D eigenvalue weighted by atomic mass is 15.3. The molecule has 0 aromatic carbocycles. The maximum Gasteiger partial charge on any atom is 0.170 e. The Morgan fingerprint density at radius 1 is 1.29 bits per heavy atom. The molecule has 0 fully saturated rings. The van der Waals surface area contributed by atoms with Crippen LogP contribution in [0.5, 0.6) is 0 Å². The molecule has 0 bridgehead atoms. The van der Waals surface area contributed by atoms with E-state index >= 15 is 0 Å². The Labute approximate surface area is 81.2 Å². The third-order valence-corrected chi connectivity index (χ3v) is 1.95. The van der Waals surface area contributed by atoms with Gasteiger partial charge in [0.25, 0.3) is 0 Å². The lowest BCUT2D eigenvalue weighted by molar-refractivity contribution is 0.763. The average molecular weight is 187 g/mol. The summed E-state index contributed by atoms with van der Waals surface area (Å²) >= 11 is 0. The first-order valence-electron chi connectivity index (χ1n) is 4.13. The van der Waals surface area contributed by atoms with Crippen molar-refractivity contribution < 1.29 is 0 Å². The van der Waals surface area contributed by atoms with Gasteiger partial charge in [-0.25, -0.2) is 0 Å². The molecule has 2 aromatic heterocycles. The SMILES string of the molecule is Cn1cc(-c2cn(C)nc2C#N)cn1. The van der Waals surface area contributed by atoms with E-state index in [1.165, 1.54) is 0 Å². The van der Waals surface area contributed by atoms with Crippen LogP contribution in [0.15, 0.2) is 18.6 Å². The fourth-order valence-corrected chi connectivity index (χ4v) is 1.34. The van der Waals surface area contributed by atoms with Gasteiger partial charge in [-0.15, -0.1) is 0 Å². The number of nitriles is 1. The van der Waals surface area contributed by atoms with E-state index in [1.54, 1.807) is 22.6 Å². The Morgan fingerprint density at radius 3 is 2.64 bits per heavy atom. The quantitative estimate of drug-likeness (QED) is 0.660. The van der Waals surface area contributed by atoms with Gasteiger partial charge in [0.05, 0.1) is 6.20 Å². The Bertz CT molecular complexity index is 499. The van der Waals surface area contributed by atoms with Gasteiger partial charge in [-0.05, 0) is 0 Å². The van der Waals surface area contributed by atoms with E-state index in [1.807, 2.05) is 19.4 Å². The molecule has 5 heteroatoms. The second-order valence-electron chi connectivity index (χ2n) is 3.08. The van der Waals surface area contributed by atoms with Gasteiger partial charge in [0, 0.05) is 37.6 Å². The molecule has 5 nitrogen and oxygen atoms in total. The summed E-state index contributed by atoms with van der Waals surface area (Å²) in [5, 5.41) is 16.9. The van der Waals surface area contributed by atoms with E-state index in [0.29, 0.717) is 5.69 Å². The van der Waals surface area contributed by atoms with Crippen molar-refractivity contribution in [3.8, 4) is 17.2 Å². The van der Waals surface area contributed by atoms with Crippen molar-refractivity contribution >= 4 is 0 Å². The Balaban J connectivity index is 2.56. The Hall–Kier alpha value is -2.09. The summed E-state index contributed by atoms with van der Waals surface area (Å²) in [6.45, 7) is 0. The largest absolute Gasteiger partial charge is 0.275 e. The van der Waals surface area contributed by atoms with Crippen molar-refractivity contribution in [3.05, 3.63) is 24.3 Å². The molecule has 70 valence electrons. The standard InChI is InChI=1S/C9H9N5/c1-13-5-7(4-11-13)8-6-14(2)12-9(8)3-10/h4-6H,1-2H3. The van der Waals surface area contributed by atoms with Crippen molar-refractivity contribution in [2.75, 3.05) is 0 Å². The number of hydrogen-bond acceptors (Lipinski definition) is 3. The van der Waals surface area contributed by atoms with Gasteiger partial charge in [-0.1, -0.05) is 0 Å². The molecule has 0 spiro atoms. The lowest BCUT2D eigenvalue weighted by Gasteiger charge is -1.88. The number of hydrogen-bond donors (Lipinski definition) is 0. The van der Waals surface area contributed by atoms with Crippen LogP contribution in [0.4, 0.5) is 0 Å². The molecule has 0 radical (unpaired) electrons. The van der Waals surface area contributed by atoms with Crippen molar-refractivity contribution in [1.82, 2.24) is 19.6 Å². The van der Waals surface area contributed by atoms with Crippen LogP contribution in [0.25, 0.3) is 11.1 Å². The molecule has 0 aliphatic rings. The molecule has 0 saturated heterocycles. The molecule has 2 rings (SSSR count). The molecule has 2 heterocycles. The fraction of sp³-hybridized carbons (Fsp3) is 0.222. The first-order chi connectivity index (χ1) is 6.70. The minimum Gasteiger partial charge on any atom is -0.275 e. The third kappa shape index (κ3) is 1.27. The van der Waals surface area contributed by atoms with Gasteiger partial charge in [0.1, 0.15) is 6.07 Å². The summed E-state index contributed by atoms with van der Waals surface area (Å²) in [6, 6.07) is 2.06. The van der Waals surface area contributed by atoms with E-state index in [-0.39, 0.29) is 0 Å². The number of nitrogens with zero attached hydrogens (tertiary/aromatic N) is 5. The highest BCUT2D eigenvalue weighted by Crippen LogP contribution is 2.20. The third-order valence-electron chi connectivity index (χ3n) is 1.95. The van der Waals surface area contributed by atoms with Crippen LogP contribution in [-0.2, 0) is 14.1 Å². The second kappa shape index (κ2) is 3.00. The van der Waals surface area contributed by atoms with Crippen LogP contribution in [0.2, 0.25) is 0 Å². The number of aromatic nitrogens is 4. The summed E-state index contributed by atoms with van der Waals surface area (Å²) < 4.78 is 3.32. The molecular weight excluding hydrogens is 178 g/mol. The Kier molecular flexibility index (Phi) is 1.82. The highest BCUT2D eigenvalue weighted by Gasteiger charge is 2.10. The van der Waals surface area contributed by atoms with Crippen molar-refractivity contribution in [2.24, 2.45) is 14.1 Å². The number of rotatable bonds is 1. The molecule has 0 unspecified atom stereocenters. The fourth-order valence-electron chi connectivity index (χ4n) is 1.34. The first-order valence-corrected chi connectivity index (χ1v) is 4.13. The van der Waals surface area contributed by atoms with Gasteiger partial charge in [-0.2, -0.15) is 15.5 Å². The van der Waals surface area contributed by atoms with Crippen LogP contribution in [0.1, 0.15) is 5.69 Å². The maximum atomic E-state index is 8.85. The predicted octanol–water partition coefficient (Wildman–Crippen LogP) is 0.692. The zero-order chi connectivity index (χ0) is 10.1. The van der Waals surface area contributed by atoms with E-state index in [4.69, 9.17) is 5.26 Å². The summed E-state index contributed by atoms with van der Waals surface area (Å²) in [5.74, 6) is 0. The smallest absolute Gasteiger partial charge is 0.170 e. The van der Waals surface area contributed by atoms with Gasteiger partial charge in [-0.3, -0.25) is 9.36 Å². The molecular formula is C9H9N5. The highest BCUT2D eigenvalue weighted by molar-refractivity contribution is 5.66. The number of aryl methyl sites for hydroxylation is 2.